The van der Waals surface area contributed by atoms with Crippen LogP contribution in [0.25, 0.3) is 0 Å². The molecule has 2 N–H and O–H groups in total. The minimum Gasteiger partial charge on any atom is -0.486 e. The van der Waals surface area contributed by atoms with Gasteiger partial charge < -0.3 is 4.74 Å². The maximum Gasteiger partial charge on any atom is 0.272 e. The summed E-state index contributed by atoms with van der Waals surface area (Å²) in [5.74, 6) is -0.189. The van der Waals surface area contributed by atoms with Gasteiger partial charge in [-0.3, -0.25) is 0 Å². The van der Waals surface area contributed by atoms with Crippen LogP contribution in [-0.2, 0) is 10.0 Å². The molecule has 0 amide bonds. The first-order valence-corrected chi connectivity index (χ1v) is 6.38. The normalized spacial score (nSPS) is 11.8. The van der Waals surface area contributed by atoms with E-state index in [1.165, 1.54) is 18.2 Å². The van der Waals surface area contributed by atoms with Gasteiger partial charge in [-0.05, 0) is 18.2 Å². The number of alkyl halides is 2. The van der Waals surface area contributed by atoms with E-state index in [0.717, 1.165) is 0 Å². The molecule has 0 aromatic heterocycles. The second kappa shape index (κ2) is 5.07. The van der Waals surface area contributed by atoms with Crippen LogP contribution in [0.1, 0.15) is 0 Å². The number of sulfonamides is 1. The van der Waals surface area contributed by atoms with E-state index in [0.29, 0.717) is 4.47 Å². The fourth-order valence-electron chi connectivity index (χ4n) is 0.976. The van der Waals surface area contributed by atoms with Gasteiger partial charge >= 0.3 is 0 Å². The van der Waals surface area contributed by atoms with E-state index in [9.17, 15) is 17.2 Å². The minimum atomic E-state index is -4.00. The zero-order valence-electron chi connectivity index (χ0n) is 7.86. The van der Waals surface area contributed by atoms with Gasteiger partial charge in [-0.25, -0.2) is 22.3 Å². The number of primary sulfonamides is 1. The van der Waals surface area contributed by atoms with Gasteiger partial charge in [-0.1, -0.05) is 15.9 Å². The molecule has 0 saturated carbocycles. The van der Waals surface area contributed by atoms with Crippen LogP contribution in [0.15, 0.2) is 27.6 Å². The lowest BCUT2D eigenvalue weighted by molar-refractivity contribution is 0.0804. The molecule has 16 heavy (non-hydrogen) atoms. The molecule has 4 nitrogen and oxygen atoms in total. The summed E-state index contributed by atoms with van der Waals surface area (Å²) in [5, 5.41) is 4.92. The Morgan fingerprint density at radius 3 is 2.56 bits per heavy atom. The molecular weight excluding hydrogens is 308 g/mol. The van der Waals surface area contributed by atoms with Crippen molar-refractivity contribution in [2.24, 2.45) is 5.14 Å². The molecule has 1 aromatic rings. The number of halogens is 3. The molecule has 90 valence electrons. The maximum atomic E-state index is 11.9. The second-order valence-electron chi connectivity index (χ2n) is 2.84. The molecule has 0 atom stereocenters. The van der Waals surface area contributed by atoms with Gasteiger partial charge in [0.15, 0.2) is 0 Å². The topological polar surface area (TPSA) is 69.4 Å². The highest BCUT2D eigenvalue weighted by Crippen LogP contribution is 2.26. The number of hydrogen-bond donors (Lipinski definition) is 1. The predicted molar refractivity (Wildman–Crippen MR) is 57.0 cm³/mol. The summed E-state index contributed by atoms with van der Waals surface area (Å²) in [4.78, 5) is -0.331. The van der Waals surface area contributed by atoms with Crippen molar-refractivity contribution in [3.05, 3.63) is 22.7 Å². The number of ether oxygens (including phenoxy) is 1. The summed E-state index contributed by atoms with van der Waals surface area (Å²) in [6.45, 7) is -0.885. The third-order valence-corrected chi connectivity index (χ3v) is 3.00. The van der Waals surface area contributed by atoms with Crippen molar-refractivity contribution in [3.8, 4) is 5.75 Å². The van der Waals surface area contributed by atoms with Crippen molar-refractivity contribution in [3.63, 3.8) is 0 Å². The van der Waals surface area contributed by atoms with Gasteiger partial charge in [-0.2, -0.15) is 0 Å². The SMILES string of the molecule is NS(=O)(=O)c1cc(Br)ccc1OCC(F)F. The van der Waals surface area contributed by atoms with E-state index in [-0.39, 0.29) is 10.6 Å². The molecule has 0 aliphatic carbocycles. The molecule has 0 fully saturated rings. The molecule has 0 unspecified atom stereocenters. The van der Waals surface area contributed by atoms with Gasteiger partial charge in [0, 0.05) is 4.47 Å². The third kappa shape index (κ3) is 3.69. The highest BCUT2D eigenvalue weighted by Gasteiger charge is 2.16. The van der Waals surface area contributed by atoms with Gasteiger partial charge in [0.05, 0.1) is 0 Å². The summed E-state index contributed by atoms with van der Waals surface area (Å²) in [7, 11) is -4.00. The fourth-order valence-corrected chi connectivity index (χ4v) is 2.19. The summed E-state index contributed by atoms with van der Waals surface area (Å²) >= 11 is 3.05. The van der Waals surface area contributed by atoms with E-state index >= 15 is 0 Å². The molecule has 0 heterocycles. The molecule has 0 saturated heterocycles. The van der Waals surface area contributed by atoms with Crippen LogP contribution < -0.4 is 9.88 Å². The first-order valence-electron chi connectivity index (χ1n) is 4.04. The Hall–Kier alpha value is -0.730. The predicted octanol–water partition coefficient (Wildman–Crippen LogP) is 1.74. The molecule has 0 spiro atoms. The summed E-state index contributed by atoms with van der Waals surface area (Å²) in [6.07, 6.45) is -2.68. The Morgan fingerprint density at radius 2 is 2.06 bits per heavy atom. The van der Waals surface area contributed by atoms with E-state index in [1.54, 1.807) is 0 Å². The highest BCUT2D eigenvalue weighted by atomic mass is 79.9. The Balaban J connectivity index is 3.09. The Bertz CT molecular complexity index is 478. The molecule has 0 radical (unpaired) electrons. The number of nitrogens with two attached hydrogens (primary N) is 1. The summed E-state index contributed by atoms with van der Waals surface area (Å²) in [6, 6.07) is 3.91. The lowest BCUT2D eigenvalue weighted by Crippen LogP contribution is -2.15. The minimum absolute atomic E-state index is 0.189. The number of hydrogen-bond acceptors (Lipinski definition) is 3. The molecular formula is C8H8BrF2NO3S. The zero-order chi connectivity index (χ0) is 12.3. The van der Waals surface area contributed by atoms with E-state index in [2.05, 4.69) is 20.7 Å². The van der Waals surface area contributed by atoms with Crippen LogP contribution in [0.4, 0.5) is 8.78 Å². The third-order valence-electron chi connectivity index (χ3n) is 1.58. The van der Waals surface area contributed by atoms with Gasteiger partial charge in [0.1, 0.15) is 17.3 Å². The Morgan fingerprint density at radius 1 is 1.44 bits per heavy atom. The van der Waals surface area contributed by atoms with Crippen molar-refractivity contribution in [2.75, 3.05) is 6.61 Å². The number of rotatable bonds is 4. The molecule has 0 aliphatic heterocycles. The van der Waals surface area contributed by atoms with E-state index < -0.39 is 23.1 Å². The van der Waals surface area contributed by atoms with Crippen molar-refractivity contribution >= 4 is 26.0 Å². The monoisotopic (exact) mass is 315 g/mol. The molecule has 1 aromatic carbocycles. The Kier molecular flexibility index (Phi) is 4.22. The zero-order valence-corrected chi connectivity index (χ0v) is 10.3. The highest BCUT2D eigenvalue weighted by molar-refractivity contribution is 9.10. The first kappa shape index (κ1) is 13.3. The molecule has 0 aliphatic rings. The van der Waals surface area contributed by atoms with Crippen LogP contribution in [0, 0.1) is 0 Å². The molecule has 1 rings (SSSR count). The van der Waals surface area contributed by atoms with Crippen LogP contribution in [0.2, 0.25) is 0 Å². The van der Waals surface area contributed by atoms with Crippen LogP contribution in [-0.4, -0.2) is 21.5 Å². The smallest absolute Gasteiger partial charge is 0.272 e. The van der Waals surface area contributed by atoms with Crippen molar-refractivity contribution in [2.45, 2.75) is 11.3 Å². The standard InChI is InChI=1S/C8H8BrF2NO3S/c9-5-1-2-6(15-4-8(10)11)7(3-5)16(12,13)14/h1-3,8H,4H2,(H2,12,13,14). The molecule has 8 heteroatoms. The average molecular weight is 316 g/mol. The Labute approximate surface area is 99.6 Å². The summed E-state index contributed by atoms with van der Waals surface area (Å²) < 4.78 is 51.2. The van der Waals surface area contributed by atoms with Crippen molar-refractivity contribution < 1.29 is 21.9 Å². The lowest BCUT2D eigenvalue weighted by Gasteiger charge is -2.09. The van der Waals surface area contributed by atoms with Gasteiger partial charge in [-0.15, -0.1) is 0 Å². The van der Waals surface area contributed by atoms with Crippen molar-refractivity contribution in [1.82, 2.24) is 0 Å². The average Bonchev–Trinajstić information content (AvgIpc) is 2.14. The maximum absolute atomic E-state index is 11.9. The largest absolute Gasteiger partial charge is 0.486 e. The second-order valence-corrected chi connectivity index (χ2v) is 5.28. The lowest BCUT2D eigenvalue weighted by atomic mass is 10.3. The summed E-state index contributed by atoms with van der Waals surface area (Å²) in [5.41, 5.74) is 0. The fraction of sp³-hybridized carbons (Fsp3) is 0.250. The quantitative estimate of drug-likeness (QED) is 0.920. The molecule has 0 bridgehead atoms. The van der Waals surface area contributed by atoms with Crippen LogP contribution in [0.3, 0.4) is 0 Å². The van der Waals surface area contributed by atoms with E-state index in [1.807, 2.05) is 0 Å². The van der Waals surface area contributed by atoms with Crippen LogP contribution >= 0.6 is 15.9 Å². The number of benzene rings is 1. The van der Waals surface area contributed by atoms with Crippen LogP contribution in [0.5, 0.6) is 5.75 Å². The van der Waals surface area contributed by atoms with Gasteiger partial charge in [0.25, 0.3) is 6.43 Å². The van der Waals surface area contributed by atoms with Gasteiger partial charge in [0.2, 0.25) is 10.0 Å². The first-order chi connectivity index (χ1) is 7.30. The van der Waals surface area contributed by atoms with Crippen molar-refractivity contribution in [1.29, 1.82) is 0 Å². The van der Waals surface area contributed by atoms with E-state index in [4.69, 9.17) is 5.14 Å².